The lowest BCUT2D eigenvalue weighted by Gasteiger charge is -2.39. The predicted molar refractivity (Wildman–Crippen MR) is 86.1 cm³/mol. The van der Waals surface area contributed by atoms with Gasteiger partial charge in [-0.25, -0.2) is 0 Å². The molecule has 1 saturated carbocycles. The highest BCUT2D eigenvalue weighted by Crippen LogP contribution is 2.37. The standard InChI is InChI=1S/C18H29NO/c1-5-17(20)14-6-8-15(9-7-14)19(4)16-10-12-18(2,3)13-11-16/h6-9,16-17,20H,5,10-13H2,1-4H3/t17-/m1/s1. The highest BCUT2D eigenvalue weighted by atomic mass is 16.3. The molecule has 1 fully saturated rings. The molecule has 0 unspecified atom stereocenters. The van der Waals surface area contributed by atoms with Gasteiger partial charge in [0, 0.05) is 18.8 Å². The van der Waals surface area contributed by atoms with Gasteiger partial charge in [-0.3, -0.25) is 0 Å². The Morgan fingerprint density at radius 2 is 1.75 bits per heavy atom. The minimum atomic E-state index is -0.329. The van der Waals surface area contributed by atoms with E-state index in [2.05, 4.69) is 50.1 Å². The second-order valence-corrected chi connectivity index (χ2v) is 7.02. The van der Waals surface area contributed by atoms with Crippen molar-refractivity contribution in [2.24, 2.45) is 5.41 Å². The van der Waals surface area contributed by atoms with Crippen molar-refractivity contribution in [3.8, 4) is 0 Å². The molecule has 0 bridgehead atoms. The largest absolute Gasteiger partial charge is 0.388 e. The number of nitrogens with zero attached hydrogens (tertiary/aromatic N) is 1. The first-order valence-corrected chi connectivity index (χ1v) is 7.94. The van der Waals surface area contributed by atoms with Crippen molar-refractivity contribution in [1.29, 1.82) is 0 Å². The zero-order valence-electron chi connectivity index (χ0n) is 13.4. The Hall–Kier alpha value is -1.02. The molecule has 1 aliphatic rings. The molecule has 2 heteroatoms. The van der Waals surface area contributed by atoms with Gasteiger partial charge in [-0.2, -0.15) is 0 Å². The maximum absolute atomic E-state index is 9.85. The third kappa shape index (κ3) is 3.54. The second kappa shape index (κ2) is 6.17. The summed E-state index contributed by atoms with van der Waals surface area (Å²) >= 11 is 0. The van der Waals surface area contributed by atoms with Gasteiger partial charge >= 0.3 is 0 Å². The van der Waals surface area contributed by atoms with E-state index in [1.807, 2.05) is 6.92 Å². The first kappa shape index (κ1) is 15.4. The molecule has 1 aromatic carbocycles. The number of hydrogen-bond acceptors (Lipinski definition) is 2. The lowest BCUT2D eigenvalue weighted by Crippen LogP contribution is -2.37. The number of aliphatic hydroxyl groups excluding tert-OH is 1. The van der Waals surface area contributed by atoms with Crippen LogP contribution in [-0.4, -0.2) is 18.2 Å². The first-order valence-electron chi connectivity index (χ1n) is 7.94. The van der Waals surface area contributed by atoms with E-state index in [0.29, 0.717) is 11.5 Å². The van der Waals surface area contributed by atoms with Crippen molar-refractivity contribution in [2.45, 2.75) is 65.0 Å². The van der Waals surface area contributed by atoms with Crippen molar-refractivity contribution in [1.82, 2.24) is 0 Å². The molecule has 2 nitrogen and oxygen atoms in total. The Kier molecular flexibility index (Phi) is 4.74. The summed E-state index contributed by atoms with van der Waals surface area (Å²) in [6.45, 7) is 6.77. The van der Waals surface area contributed by atoms with E-state index in [0.717, 1.165) is 12.0 Å². The van der Waals surface area contributed by atoms with Gasteiger partial charge in [-0.15, -0.1) is 0 Å². The van der Waals surface area contributed by atoms with Crippen LogP contribution in [0.5, 0.6) is 0 Å². The summed E-state index contributed by atoms with van der Waals surface area (Å²) in [7, 11) is 2.20. The number of hydrogen-bond donors (Lipinski definition) is 1. The third-order valence-corrected chi connectivity index (χ3v) is 4.93. The quantitative estimate of drug-likeness (QED) is 0.872. The van der Waals surface area contributed by atoms with E-state index < -0.39 is 0 Å². The van der Waals surface area contributed by atoms with Gasteiger partial charge in [0.1, 0.15) is 0 Å². The van der Waals surface area contributed by atoms with Crippen LogP contribution < -0.4 is 4.90 Å². The molecule has 0 amide bonds. The van der Waals surface area contributed by atoms with E-state index in [4.69, 9.17) is 0 Å². The van der Waals surface area contributed by atoms with Crippen LogP contribution in [0.3, 0.4) is 0 Å². The van der Waals surface area contributed by atoms with Crippen molar-refractivity contribution in [2.75, 3.05) is 11.9 Å². The maximum Gasteiger partial charge on any atom is 0.0787 e. The SMILES string of the molecule is CC[C@@H](O)c1ccc(N(C)C2CCC(C)(C)CC2)cc1. The number of aliphatic hydroxyl groups is 1. The molecule has 20 heavy (non-hydrogen) atoms. The molecular formula is C18H29NO. The normalized spacial score (nSPS) is 20.6. The van der Waals surface area contributed by atoms with Crippen LogP contribution in [0.4, 0.5) is 5.69 Å². The van der Waals surface area contributed by atoms with Gasteiger partial charge < -0.3 is 10.0 Å². The fraction of sp³-hybridized carbons (Fsp3) is 0.667. The predicted octanol–water partition coefficient (Wildman–Crippen LogP) is 4.54. The lowest BCUT2D eigenvalue weighted by molar-refractivity contribution is 0.173. The molecule has 1 N–H and O–H groups in total. The number of rotatable bonds is 4. The highest BCUT2D eigenvalue weighted by molar-refractivity contribution is 5.48. The molecule has 1 aromatic rings. The number of benzene rings is 1. The van der Waals surface area contributed by atoms with Crippen LogP contribution >= 0.6 is 0 Å². The average Bonchev–Trinajstić information content (AvgIpc) is 2.46. The van der Waals surface area contributed by atoms with Crippen molar-refractivity contribution in [3.63, 3.8) is 0 Å². The molecular weight excluding hydrogens is 246 g/mol. The van der Waals surface area contributed by atoms with Crippen LogP contribution in [0.25, 0.3) is 0 Å². The highest BCUT2D eigenvalue weighted by Gasteiger charge is 2.28. The second-order valence-electron chi connectivity index (χ2n) is 7.02. The molecule has 0 aromatic heterocycles. The Morgan fingerprint density at radius 1 is 1.20 bits per heavy atom. The Balaban J connectivity index is 2.01. The van der Waals surface area contributed by atoms with Crippen molar-refractivity contribution >= 4 is 5.69 Å². The monoisotopic (exact) mass is 275 g/mol. The summed E-state index contributed by atoms with van der Waals surface area (Å²) < 4.78 is 0. The molecule has 0 heterocycles. The summed E-state index contributed by atoms with van der Waals surface area (Å²) in [5.41, 5.74) is 2.81. The lowest BCUT2D eigenvalue weighted by atomic mass is 9.75. The fourth-order valence-electron chi connectivity index (χ4n) is 3.15. The zero-order chi connectivity index (χ0) is 14.8. The van der Waals surface area contributed by atoms with Gasteiger partial charge in [0.15, 0.2) is 0 Å². The first-order chi connectivity index (χ1) is 9.43. The molecule has 0 saturated heterocycles. The van der Waals surface area contributed by atoms with Crippen LogP contribution in [0, 0.1) is 5.41 Å². The van der Waals surface area contributed by atoms with Crippen LogP contribution in [-0.2, 0) is 0 Å². The van der Waals surface area contributed by atoms with E-state index in [1.54, 1.807) is 0 Å². The van der Waals surface area contributed by atoms with E-state index in [9.17, 15) is 5.11 Å². The minimum Gasteiger partial charge on any atom is -0.388 e. The third-order valence-electron chi connectivity index (χ3n) is 4.93. The van der Waals surface area contributed by atoms with E-state index in [-0.39, 0.29) is 6.10 Å². The summed E-state index contributed by atoms with van der Waals surface area (Å²) in [6.07, 6.45) is 5.63. The average molecular weight is 275 g/mol. The molecule has 112 valence electrons. The molecule has 0 radical (unpaired) electrons. The maximum atomic E-state index is 9.85. The Bertz CT molecular complexity index is 414. The molecule has 0 aliphatic heterocycles. The van der Waals surface area contributed by atoms with Crippen molar-refractivity contribution in [3.05, 3.63) is 29.8 Å². The topological polar surface area (TPSA) is 23.5 Å². The summed E-state index contributed by atoms with van der Waals surface area (Å²) in [5, 5.41) is 9.85. The smallest absolute Gasteiger partial charge is 0.0787 e. The molecule has 1 aliphatic carbocycles. The van der Waals surface area contributed by atoms with Crippen LogP contribution in [0.2, 0.25) is 0 Å². The Labute approximate surface area is 123 Å². The summed E-state index contributed by atoms with van der Waals surface area (Å²) in [5.74, 6) is 0. The van der Waals surface area contributed by atoms with Gasteiger partial charge in [-0.05, 0) is 55.2 Å². The fourth-order valence-corrected chi connectivity index (χ4v) is 3.15. The molecule has 0 spiro atoms. The Morgan fingerprint density at radius 3 is 2.25 bits per heavy atom. The minimum absolute atomic E-state index is 0.329. The van der Waals surface area contributed by atoms with Crippen LogP contribution in [0.15, 0.2) is 24.3 Å². The van der Waals surface area contributed by atoms with Gasteiger partial charge in [0.25, 0.3) is 0 Å². The van der Waals surface area contributed by atoms with Crippen molar-refractivity contribution < 1.29 is 5.11 Å². The van der Waals surface area contributed by atoms with E-state index >= 15 is 0 Å². The molecule has 1 atom stereocenters. The summed E-state index contributed by atoms with van der Waals surface area (Å²) in [6, 6.07) is 9.08. The number of anilines is 1. The van der Waals surface area contributed by atoms with Gasteiger partial charge in [-0.1, -0.05) is 32.9 Å². The zero-order valence-corrected chi connectivity index (χ0v) is 13.4. The van der Waals surface area contributed by atoms with E-state index in [1.165, 1.54) is 31.4 Å². The molecule has 2 rings (SSSR count). The summed E-state index contributed by atoms with van der Waals surface area (Å²) in [4.78, 5) is 2.41. The van der Waals surface area contributed by atoms with Gasteiger partial charge in [0.2, 0.25) is 0 Å². The van der Waals surface area contributed by atoms with Gasteiger partial charge in [0.05, 0.1) is 6.10 Å². The van der Waals surface area contributed by atoms with Crippen LogP contribution in [0.1, 0.15) is 64.5 Å².